The molecule has 1 aromatic heterocycles. The van der Waals surface area contributed by atoms with Crippen molar-refractivity contribution in [1.29, 1.82) is 0 Å². The van der Waals surface area contributed by atoms with Gasteiger partial charge in [-0.05, 0) is 54.1 Å². The monoisotopic (exact) mass is 326 g/mol. The van der Waals surface area contributed by atoms with Gasteiger partial charge in [0.1, 0.15) is 5.69 Å². The van der Waals surface area contributed by atoms with E-state index in [-0.39, 0.29) is 5.91 Å². The Bertz CT molecular complexity index is 462. The summed E-state index contributed by atoms with van der Waals surface area (Å²) in [4.78, 5) is 12.2. The van der Waals surface area contributed by atoms with Crippen molar-refractivity contribution in [3.8, 4) is 0 Å². The van der Waals surface area contributed by atoms with Crippen LogP contribution in [0, 0.1) is 0 Å². The molecule has 0 spiro atoms. The number of nitrogens with one attached hydrogen (secondary N) is 1. The van der Waals surface area contributed by atoms with E-state index in [4.69, 9.17) is 4.74 Å². The molecule has 0 aromatic carbocycles. The van der Waals surface area contributed by atoms with Crippen LogP contribution in [0.2, 0.25) is 0 Å². The molecule has 4 nitrogen and oxygen atoms in total. The Balaban J connectivity index is 1.54. The van der Waals surface area contributed by atoms with Crippen LogP contribution in [0.4, 0.5) is 0 Å². The largest absolute Gasteiger partial charge is 0.378 e. The van der Waals surface area contributed by atoms with Crippen LogP contribution in [-0.4, -0.2) is 29.7 Å². The quantitative estimate of drug-likeness (QED) is 0.904. The maximum absolute atomic E-state index is 12.2. The molecule has 1 aliphatic heterocycles. The number of ether oxygens (including phenoxy) is 1. The number of amides is 1. The second-order valence-corrected chi connectivity index (χ2v) is 6.28. The van der Waals surface area contributed by atoms with E-state index in [1.807, 2.05) is 12.3 Å². The highest BCUT2D eigenvalue weighted by molar-refractivity contribution is 9.10. The third-order valence-electron chi connectivity index (χ3n) is 3.76. The molecule has 1 atom stereocenters. The second kappa shape index (κ2) is 5.67. The summed E-state index contributed by atoms with van der Waals surface area (Å²) in [6.45, 7) is 1.56. The molecule has 104 valence electrons. The van der Waals surface area contributed by atoms with Crippen molar-refractivity contribution in [3.63, 3.8) is 0 Å². The smallest absolute Gasteiger partial charge is 0.267 e. The first kappa shape index (κ1) is 13.2. The van der Waals surface area contributed by atoms with Crippen LogP contribution in [0.15, 0.2) is 16.7 Å². The lowest BCUT2D eigenvalue weighted by Crippen LogP contribution is -2.28. The lowest BCUT2D eigenvalue weighted by atomic mass is 10.2. The fraction of sp³-hybridized carbons (Fsp3) is 0.643. The van der Waals surface area contributed by atoms with E-state index in [1.54, 1.807) is 0 Å². The molecule has 1 unspecified atom stereocenters. The number of nitrogens with zero attached hydrogens (tertiary/aromatic N) is 1. The Hall–Kier alpha value is -0.810. The standard InChI is InChI=1S/C14H19BrN2O2/c15-10-8-13(17(9-10)11-3-4-11)14(18)16-6-5-12-2-1-7-19-12/h8-9,11-12H,1-7H2,(H,16,18). The van der Waals surface area contributed by atoms with Gasteiger partial charge in [-0.15, -0.1) is 0 Å². The summed E-state index contributed by atoms with van der Waals surface area (Å²) >= 11 is 3.45. The van der Waals surface area contributed by atoms with Gasteiger partial charge >= 0.3 is 0 Å². The summed E-state index contributed by atoms with van der Waals surface area (Å²) in [7, 11) is 0. The fourth-order valence-electron chi connectivity index (χ4n) is 2.59. The van der Waals surface area contributed by atoms with Crippen molar-refractivity contribution in [3.05, 3.63) is 22.4 Å². The Kier molecular flexibility index (Phi) is 3.93. The van der Waals surface area contributed by atoms with E-state index in [9.17, 15) is 4.79 Å². The van der Waals surface area contributed by atoms with Crippen LogP contribution in [-0.2, 0) is 4.74 Å². The number of carbonyl (C=O) groups is 1. The van der Waals surface area contributed by atoms with Gasteiger partial charge in [0.25, 0.3) is 5.91 Å². The zero-order valence-electron chi connectivity index (χ0n) is 10.9. The lowest BCUT2D eigenvalue weighted by Gasteiger charge is -2.11. The topological polar surface area (TPSA) is 43.3 Å². The molecular weight excluding hydrogens is 308 g/mol. The maximum Gasteiger partial charge on any atom is 0.267 e. The van der Waals surface area contributed by atoms with Crippen LogP contribution in [0.25, 0.3) is 0 Å². The SMILES string of the molecule is O=C(NCCC1CCCO1)c1cc(Br)cn1C1CC1. The summed E-state index contributed by atoms with van der Waals surface area (Å²) in [6, 6.07) is 2.42. The molecule has 1 aliphatic carbocycles. The minimum atomic E-state index is 0.0237. The molecule has 2 fully saturated rings. The van der Waals surface area contributed by atoms with E-state index in [2.05, 4.69) is 25.8 Å². The van der Waals surface area contributed by atoms with Crippen LogP contribution in [0.5, 0.6) is 0 Å². The molecule has 19 heavy (non-hydrogen) atoms. The number of rotatable bonds is 5. The number of halogens is 1. The van der Waals surface area contributed by atoms with E-state index in [0.717, 1.165) is 36.0 Å². The van der Waals surface area contributed by atoms with Crippen molar-refractivity contribution in [1.82, 2.24) is 9.88 Å². The third kappa shape index (κ3) is 3.20. The van der Waals surface area contributed by atoms with Gasteiger partial charge in [0, 0.05) is 29.9 Å². The molecule has 1 saturated heterocycles. The van der Waals surface area contributed by atoms with E-state index < -0.39 is 0 Å². The molecular formula is C14H19BrN2O2. The van der Waals surface area contributed by atoms with Crippen molar-refractivity contribution < 1.29 is 9.53 Å². The molecule has 5 heteroatoms. The molecule has 2 aliphatic rings. The molecule has 3 rings (SSSR count). The van der Waals surface area contributed by atoms with Gasteiger partial charge in [-0.3, -0.25) is 4.79 Å². The predicted molar refractivity (Wildman–Crippen MR) is 76.3 cm³/mol. The average molecular weight is 327 g/mol. The first-order chi connectivity index (χ1) is 9.24. The summed E-state index contributed by atoms with van der Waals surface area (Å²) in [5.74, 6) is 0.0237. The average Bonchev–Trinajstić information content (AvgIpc) is 2.96. The van der Waals surface area contributed by atoms with E-state index >= 15 is 0 Å². The van der Waals surface area contributed by atoms with E-state index in [1.165, 1.54) is 12.8 Å². The number of aromatic nitrogens is 1. The Morgan fingerprint density at radius 2 is 2.32 bits per heavy atom. The first-order valence-electron chi connectivity index (χ1n) is 7.01. The van der Waals surface area contributed by atoms with Crippen molar-refractivity contribution >= 4 is 21.8 Å². The maximum atomic E-state index is 12.2. The first-order valence-corrected chi connectivity index (χ1v) is 7.80. The van der Waals surface area contributed by atoms with Gasteiger partial charge in [-0.2, -0.15) is 0 Å². The lowest BCUT2D eigenvalue weighted by molar-refractivity contribution is 0.0899. The molecule has 1 amide bonds. The molecule has 1 aromatic rings. The van der Waals surface area contributed by atoms with Gasteiger partial charge in [-0.1, -0.05) is 0 Å². The van der Waals surface area contributed by atoms with Gasteiger partial charge in [0.05, 0.1) is 6.10 Å². The molecule has 1 saturated carbocycles. The van der Waals surface area contributed by atoms with Crippen molar-refractivity contribution in [2.45, 2.75) is 44.2 Å². The Labute approximate surface area is 121 Å². The predicted octanol–water partition coefficient (Wildman–Crippen LogP) is 2.88. The van der Waals surface area contributed by atoms with Crippen LogP contribution in [0.3, 0.4) is 0 Å². The van der Waals surface area contributed by atoms with Crippen LogP contribution >= 0.6 is 15.9 Å². The van der Waals surface area contributed by atoms with Gasteiger partial charge < -0.3 is 14.6 Å². The summed E-state index contributed by atoms with van der Waals surface area (Å²) in [5.41, 5.74) is 0.765. The van der Waals surface area contributed by atoms with E-state index in [0.29, 0.717) is 18.7 Å². The van der Waals surface area contributed by atoms with Gasteiger partial charge in [-0.25, -0.2) is 0 Å². The number of hydrogen-bond acceptors (Lipinski definition) is 2. The molecule has 2 heterocycles. The third-order valence-corrected chi connectivity index (χ3v) is 4.20. The van der Waals surface area contributed by atoms with Crippen LogP contribution < -0.4 is 5.32 Å². The Morgan fingerprint density at radius 3 is 3.00 bits per heavy atom. The van der Waals surface area contributed by atoms with Crippen molar-refractivity contribution in [2.75, 3.05) is 13.2 Å². The highest BCUT2D eigenvalue weighted by atomic mass is 79.9. The fourth-order valence-corrected chi connectivity index (χ4v) is 3.03. The highest BCUT2D eigenvalue weighted by Crippen LogP contribution is 2.37. The summed E-state index contributed by atoms with van der Waals surface area (Å²) in [6.07, 6.45) is 7.89. The molecule has 1 N–H and O–H groups in total. The molecule has 0 radical (unpaired) electrons. The summed E-state index contributed by atoms with van der Waals surface area (Å²) in [5, 5.41) is 3.00. The zero-order chi connectivity index (χ0) is 13.2. The second-order valence-electron chi connectivity index (χ2n) is 5.36. The summed E-state index contributed by atoms with van der Waals surface area (Å²) < 4.78 is 8.62. The van der Waals surface area contributed by atoms with Crippen molar-refractivity contribution in [2.24, 2.45) is 0 Å². The normalized spacial score (nSPS) is 22.7. The Morgan fingerprint density at radius 1 is 1.47 bits per heavy atom. The number of hydrogen-bond donors (Lipinski definition) is 1. The minimum absolute atomic E-state index is 0.0237. The van der Waals surface area contributed by atoms with Gasteiger partial charge in [0.15, 0.2) is 0 Å². The highest BCUT2D eigenvalue weighted by Gasteiger charge is 2.27. The minimum Gasteiger partial charge on any atom is -0.378 e. The van der Waals surface area contributed by atoms with Crippen LogP contribution in [0.1, 0.15) is 48.6 Å². The number of carbonyl (C=O) groups excluding carboxylic acids is 1. The van der Waals surface area contributed by atoms with Gasteiger partial charge in [0.2, 0.25) is 0 Å². The molecule has 0 bridgehead atoms. The zero-order valence-corrected chi connectivity index (χ0v) is 12.5.